The van der Waals surface area contributed by atoms with Crippen molar-refractivity contribution in [2.75, 3.05) is 11.9 Å². The fourth-order valence-electron chi connectivity index (χ4n) is 1.94. The van der Waals surface area contributed by atoms with Gasteiger partial charge in [-0.3, -0.25) is 9.78 Å². The first-order valence-corrected chi connectivity index (χ1v) is 7.61. The molecule has 0 radical (unpaired) electrons. The van der Waals surface area contributed by atoms with Crippen LogP contribution in [-0.4, -0.2) is 17.5 Å². The van der Waals surface area contributed by atoms with Crippen LogP contribution in [0, 0.1) is 11.3 Å². The van der Waals surface area contributed by atoms with Gasteiger partial charge >= 0.3 is 0 Å². The molecule has 0 aliphatic carbocycles. The van der Waals surface area contributed by atoms with Gasteiger partial charge in [-0.25, -0.2) is 0 Å². The molecule has 0 fully saturated rings. The standard InChI is InChI=1S/C18H24N2O2/c1-12(2)11-22-15-9-8-14(20-17(21)18(3,4)5)13-7-6-10-19-16(13)15/h6-10,12H,11H2,1-5H3,(H,20,21). The van der Waals surface area contributed by atoms with Crippen molar-refractivity contribution >= 4 is 22.5 Å². The van der Waals surface area contributed by atoms with Crippen molar-refractivity contribution < 1.29 is 9.53 Å². The van der Waals surface area contributed by atoms with Crippen LogP contribution in [0.15, 0.2) is 30.5 Å². The lowest BCUT2D eigenvalue weighted by Crippen LogP contribution is -2.27. The highest BCUT2D eigenvalue weighted by molar-refractivity contribution is 6.04. The number of fused-ring (bicyclic) bond motifs is 1. The minimum Gasteiger partial charge on any atom is -0.491 e. The average Bonchev–Trinajstić information content (AvgIpc) is 2.45. The second-order valence-corrected chi connectivity index (χ2v) is 6.92. The molecule has 22 heavy (non-hydrogen) atoms. The summed E-state index contributed by atoms with van der Waals surface area (Å²) in [6.45, 7) is 10.5. The molecule has 4 heteroatoms. The zero-order valence-corrected chi connectivity index (χ0v) is 13.9. The average molecular weight is 300 g/mol. The van der Waals surface area contributed by atoms with E-state index in [1.54, 1.807) is 6.20 Å². The second-order valence-electron chi connectivity index (χ2n) is 6.92. The summed E-state index contributed by atoms with van der Waals surface area (Å²) in [6.07, 6.45) is 1.74. The Kier molecular flexibility index (Phi) is 4.69. The van der Waals surface area contributed by atoms with Gasteiger partial charge in [0.05, 0.1) is 12.3 Å². The van der Waals surface area contributed by atoms with Gasteiger partial charge in [0.2, 0.25) is 5.91 Å². The SMILES string of the molecule is CC(C)COc1ccc(NC(=O)C(C)(C)C)c2cccnc12. The Morgan fingerprint density at radius 3 is 2.64 bits per heavy atom. The maximum Gasteiger partial charge on any atom is 0.229 e. The van der Waals surface area contributed by atoms with Crippen LogP contribution in [0.25, 0.3) is 10.9 Å². The lowest BCUT2D eigenvalue weighted by Gasteiger charge is -2.19. The molecular weight excluding hydrogens is 276 g/mol. The van der Waals surface area contributed by atoms with E-state index in [1.165, 1.54) is 0 Å². The molecule has 118 valence electrons. The molecule has 0 saturated carbocycles. The van der Waals surface area contributed by atoms with E-state index in [-0.39, 0.29) is 5.91 Å². The predicted octanol–water partition coefficient (Wildman–Crippen LogP) is 4.25. The minimum absolute atomic E-state index is 0.0199. The molecule has 1 amide bonds. The highest BCUT2D eigenvalue weighted by atomic mass is 16.5. The summed E-state index contributed by atoms with van der Waals surface area (Å²) >= 11 is 0. The molecule has 1 N–H and O–H groups in total. The highest BCUT2D eigenvalue weighted by Crippen LogP contribution is 2.31. The summed E-state index contributed by atoms with van der Waals surface area (Å²) in [5.41, 5.74) is 1.09. The van der Waals surface area contributed by atoms with E-state index in [2.05, 4.69) is 24.1 Å². The second kappa shape index (κ2) is 6.34. The summed E-state index contributed by atoms with van der Waals surface area (Å²) < 4.78 is 5.83. The molecule has 0 aliphatic heterocycles. The van der Waals surface area contributed by atoms with Crippen molar-refractivity contribution in [3.05, 3.63) is 30.5 Å². The number of ether oxygens (including phenoxy) is 1. The number of hydrogen-bond acceptors (Lipinski definition) is 3. The van der Waals surface area contributed by atoms with Crippen LogP contribution in [0.4, 0.5) is 5.69 Å². The van der Waals surface area contributed by atoms with Gasteiger partial charge in [-0.2, -0.15) is 0 Å². The number of rotatable bonds is 4. The Balaban J connectivity index is 2.38. The van der Waals surface area contributed by atoms with E-state index in [0.717, 1.165) is 22.3 Å². The third-order valence-corrected chi connectivity index (χ3v) is 3.23. The van der Waals surface area contributed by atoms with Crippen molar-refractivity contribution in [1.29, 1.82) is 0 Å². The van der Waals surface area contributed by atoms with Gasteiger partial charge in [0.1, 0.15) is 11.3 Å². The molecule has 2 rings (SSSR count). The molecule has 4 nitrogen and oxygen atoms in total. The van der Waals surface area contributed by atoms with E-state index >= 15 is 0 Å². The van der Waals surface area contributed by atoms with Crippen LogP contribution < -0.4 is 10.1 Å². The fraction of sp³-hybridized carbons (Fsp3) is 0.444. The van der Waals surface area contributed by atoms with E-state index in [0.29, 0.717) is 12.5 Å². The third-order valence-electron chi connectivity index (χ3n) is 3.23. The largest absolute Gasteiger partial charge is 0.491 e. The molecule has 1 aromatic heterocycles. The molecule has 0 atom stereocenters. The van der Waals surface area contributed by atoms with Crippen LogP contribution in [0.1, 0.15) is 34.6 Å². The van der Waals surface area contributed by atoms with E-state index < -0.39 is 5.41 Å². The molecule has 0 bridgehead atoms. The van der Waals surface area contributed by atoms with Crippen LogP contribution >= 0.6 is 0 Å². The molecule has 0 saturated heterocycles. The molecule has 1 aromatic carbocycles. The third kappa shape index (κ3) is 3.75. The van der Waals surface area contributed by atoms with E-state index in [4.69, 9.17) is 4.74 Å². The first-order valence-electron chi connectivity index (χ1n) is 7.61. The normalized spacial score (nSPS) is 11.7. The topological polar surface area (TPSA) is 51.2 Å². The van der Waals surface area contributed by atoms with Gasteiger partial charge in [0.15, 0.2) is 0 Å². The highest BCUT2D eigenvalue weighted by Gasteiger charge is 2.22. The number of carbonyl (C=O) groups is 1. The van der Waals surface area contributed by atoms with Crippen molar-refractivity contribution in [3.63, 3.8) is 0 Å². The maximum absolute atomic E-state index is 12.2. The van der Waals surface area contributed by atoms with Crippen LogP contribution in [0.2, 0.25) is 0 Å². The van der Waals surface area contributed by atoms with Gasteiger partial charge < -0.3 is 10.1 Å². The smallest absolute Gasteiger partial charge is 0.229 e. The van der Waals surface area contributed by atoms with E-state index in [9.17, 15) is 4.79 Å². The summed E-state index contributed by atoms with van der Waals surface area (Å²) in [4.78, 5) is 16.6. The Morgan fingerprint density at radius 2 is 2.00 bits per heavy atom. The van der Waals surface area contributed by atoms with Crippen LogP contribution in [-0.2, 0) is 4.79 Å². The molecule has 2 aromatic rings. The Hall–Kier alpha value is -2.10. The number of pyridine rings is 1. The van der Waals surface area contributed by atoms with Crippen molar-refractivity contribution in [3.8, 4) is 5.75 Å². The predicted molar refractivity (Wildman–Crippen MR) is 90.2 cm³/mol. The van der Waals surface area contributed by atoms with E-state index in [1.807, 2.05) is 45.0 Å². The lowest BCUT2D eigenvalue weighted by atomic mass is 9.95. The molecule has 0 unspecified atom stereocenters. The quantitative estimate of drug-likeness (QED) is 0.918. The van der Waals surface area contributed by atoms with Crippen LogP contribution in [0.5, 0.6) is 5.75 Å². The summed E-state index contributed by atoms with van der Waals surface area (Å²) in [5.74, 6) is 1.17. The summed E-state index contributed by atoms with van der Waals surface area (Å²) in [5, 5.41) is 3.87. The number of benzene rings is 1. The van der Waals surface area contributed by atoms with Crippen LogP contribution in [0.3, 0.4) is 0 Å². The van der Waals surface area contributed by atoms with Gasteiger partial charge in [0.25, 0.3) is 0 Å². The summed E-state index contributed by atoms with van der Waals surface area (Å²) in [7, 11) is 0. The monoisotopic (exact) mass is 300 g/mol. The first-order chi connectivity index (χ1) is 10.3. The van der Waals surface area contributed by atoms with Crippen molar-refractivity contribution in [1.82, 2.24) is 4.98 Å². The van der Waals surface area contributed by atoms with Gasteiger partial charge in [-0.1, -0.05) is 34.6 Å². The van der Waals surface area contributed by atoms with Gasteiger partial charge in [-0.15, -0.1) is 0 Å². The molecule has 1 heterocycles. The molecular formula is C18H24N2O2. The molecule has 0 spiro atoms. The number of hydrogen-bond donors (Lipinski definition) is 1. The number of aromatic nitrogens is 1. The minimum atomic E-state index is -0.443. The number of anilines is 1. The zero-order valence-electron chi connectivity index (χ0n) is 13.9. The number of nitrogens with zero attached hydrogens (tertiary/aromatic N) is 1. The maximum atomic E-state index is 12.2. The summed E-state index contributed by atoms with van der Waals surface area (Å²) in [6, 6.07) is 7.56. The van der Waals surface area contributed by atoms with Gasteiger partial charge in [0, 0.05) is 17.0 Å². The number of amides is 1. The van der Waals surface area contributed by atoms with Gasteiger partial charge in [-0.05, 0) is 30.2 Å². The van der Waals surface area contributed by atoms with Crippen molar-refractivity contribution in [2.45, 2.75) is 34.6 Å². The lowest BCUT2D eigenvalue weighted by molar-refractivity contribution is -0.123. The molecule has 0 aliphatic rings. The fourth-order valence-corrected chi connectivity index (χ4v) is 1.94. The number of nitrogens with one attached hydrogen (secondary N) is 1. The number of carbonyl (C=O) groups excluding carboxylic acids is 1. The Labute approximate surface area is 131 Å². The Morgan fingerprint density at radius 1 is 1.27 bits per heavy atom. The first kappa shape index (κ1) is 16.3. The van der Waals surface area contributed by atoms with Crippen molar-refractivity contribution in [2.24, 2.45) is 11.3 Å². The Bertz CT molecular complexity index is 672. The zero-order chi connectivity index (χ0) is 16.3.